The zero-order chi connectivity index (χ0) is 15.8. The molecule has 0 saturated heterocycles. The van der Waals surface area contributed by atoms with Gasteiger partial charge in [-0.05, 0) is 37.3 Å². The van der Waals surface area contributed by atoms with E-state index in [1.807, 2.05) is 0 Å². The second kappa shape index (κ2) is 5.98. The third-order valence-corrected chi connectivity index (χ3v) is 5.85. The largest absolute Gasteiger partial charge is 0.393 e. The lowest BCUT2D eigenvalue weighted by molar-refractivity contribution is 0.123. The molecule has 0 amide bonds. The Morgan fingerprint density at radius 3 is 2.52 bits per heavy atom. The summed E-state index contributed by atoms with van der Waals surface area (Å²) in [4.78, 5) is -0.531. The fraction of sp³-hybridized carbons (Fsp3) is 0.571. The first-order valence-electron chi connectivity index (χ1n) is 6.83. The number of halogens is 2. The summed E-state index contributed by atoms with van der Waals surface area (Å²) in [7, 11) is -2.69. The lowest BCUT2D eigenvalue weighted by atomic mass is 10.1. The Morgan fingerprint density at radius 2 is 1.95 bits per heavy atom. The molecule has 1 fully saturated rings. The van der Waals surface area contributed by atoms with Crippen molar-refractivity contribution >= 4 is 10.0 Å². The molecule has 1 aromatic rings. The number of sulfonamides is 1. The molecule has 0 aromatic heterocycles. The van der Waals surface area contributed by atoms with E-state index in [-0.39, 0.29) is 18.0 Å². The summed E-state index contributed by atoms with van der Waals surface area (Å²) in [5.41, 5.74) is 0.0734. The van der Waals surface area contributed by atoms with Gasteiger partial charge in [0.1, 0.15) is 16.5 Å². The molecule has 2 atom stereocenters. The smallest absolute Gasteiger partial charge is 0.245 e. The molecule has 7 heteroatoms. The molecule has 0 radical (unpaired) electrons. The molecule has 1 saturated carbocycles. The Labute approximate surface area is 123 Å². The molecule has 21 heavy (non-hydrogen) atoms. The Hall–Kier alpha value is -1.05. The van der Waals surface area contributed by atoms with E-state index in [0.717, 1.165) is 23.2 Å². The predicted molar refractivity (Wildman–Crippen MR) is 74.3 cm³/mol. The molecule has 2 rings (SSSR count). The normalized spacial score (nSPS) is 23.0. The highest BCUT2D eigenvalue weighted by molar-refractivity contribution is 7.89. The summed E-state index contributed by atoms with van der Waals surface area (Å²) >= 11 is 0. The molecule has 2 unspecified atom stereocenters. The van der Waals surface area contributed by atoms with Gasteiger partial charge in [0, 0.05) is 19.7 Å². The maximum absolute atomic E-state index is 13.8. The highest BCUT2D eigenvalue weighted by atomic mass is 32.2. The van der Waals surface area contributed by atoms with Crippen molar-refractivity contribution in [3.63, 3.8) is 0 Å². The zero-order valence-corrected chi connectivity index (χ0v) is 12.8. The molecule has 118 valence electrons. The molecule has 0 aliphatic heterocycles. The number of aliphatic hydroxyl groups excluding tert-OH is 1. The van der Waals surface area contributed by atoms with Crippen LogP contribution in [0.25, 0.3) is 0 Å². The molecular formula is C14H19F2NO3S. The van der Waals surface area contributed by atoms with E-state index in [0.29, 0.717) is 12.5 Å². The van der Waals surface area contributed by atoms with Crippen molar-refractivity contribution in [1.29, 1.82) is 0 Å². The van der Waals surface area contributed by atoms with Crippen molar-refractivity contribution < 1.29 is 22.3 Å². The second-order valence-electron chi connectivity index (χ2n) is 5.58. The number of nitrogens with zero attached hydrogens (tertiary/aromatic N) is 1. The molecule has 1 aliphatic carbocycles. The maximum atomic E-state index is 13.8. The minimum Gasteiger partial charge on any atom is -0.393 e. The van der Waals surface area contributed by atoms with Gasteiger partial charge in [-0.1, -0.05) is 6.42 Å². The van der Waals surface area contributed by atoms with Crippen LogP contribution in [0.1, 0.15) is 24.8 Å². The number of aryl methyl sites for hydroxylation is 1. The summed E-state index contributed by atoms with van der Waals surface area (Å²) in [5.74, 6) is -2.02. The maximum Gasteiger partial charge on any atom is 0.245 e. The van der Waals surface area contributed by atoms with Crippen molar-refractivity contribution in [3.05, 3.63) is 29.3 Å². The van der Waals surface area contributed by atoms with Crippen LogP contribution in [-0.4, -0.2) is 37.5 Å². The topological polar surface area (TPSA) is 57.6 Å². The van der Waals surface area contributed by atoms with Gasteiger partial charge in [-0.2, -0.15) is 0 Å². The van der Waals surface area contributed by atoms with Crippen LogP contribution in [0.4, 0.5) is 8.78 Å². The minimum atomic E-state index is -4.04. The average Bonchev–Trinajstić information content (AvgIpc) is 2.79. The van der Waals surface area contributed by atoms with Crippen LogP contribution in [0.2, 0.25) is 0 Å². The summed E-state index contributed by atoms with van der Waals surface area (Å²) in [6.07, 6.45) is 1.72. The number of benzene rings is 1. The van der Waals surface area contributed by atoms with Crippen molar-refractivity contribution in [3.8, 4) is 0 Å². The Bertz CT molecular complexity index is 633. The Morgan fingerprint density at radius 1 is 1.29 bits per heavy atom. The fourth-order valence-corrected chi connectivity index (χ4v) is 4.01. The quantitative estimate of drug-likeness (QED) is 0.924. The van der Waals surface area contributed by atoms with Gasteiger partial charge in [0.2, 0.25) is 10.0 Å². The van der Waals surface area contributed by atoms with E-state index >= 15 is 0 Å². The first-order valence-corrected chi connectivity index (χ1v) is 8.27. The highest BCUT2D eigenvalue weighted by Gasteiger charge is 2.32. The van der Waals surface area contributed by atoms with E-state index < -0.39 is 32.7 Å². The van der Waals surface area contributed by atoms with Crippen molar-refractivity contribution in [2.24, 2.45) is 5.92 Å². The SMILES string of the molecule is Cc1cc(S(=O)(=O)N(C)CC2CCCC2O)c(F)cc1F. The molecule has 1 N–H and O–H groups in total. The van der Waals surface area contributed by atoms with Crippen molar-refractivity contribution in [2.45, 2.75) is 37.2 Å². The molecule has 0 bridgehead atoms. The van der Waals surface area contributed by atoms with Crippen LogP contribution in [-0.2, 0) is 10.0 Å². The van der Waals surface area contributed by atoms with Crippen LogP contribution in [0.5, 0.6) is 0 Å². The van der Waals surface area contributed by atoms with Gasteiger partial charge in [0.05, 0.1) is 6.10 Å². The zero-order valence-electron chi connectivity index (χ0n) is 12.0. The lowest BCUT2D eigenvalue weighted by Gasteiger charge is -2.23. The van der Waals surface area contributed by atoms with E-state index in [2.05, 4.69) is 0 Å². The second-order valence-corrected chi connectivity index (χ2v) is 7.59. The van der Waals surface area contributed by atoms with E-state index in [9.17, 15) is 22.3 Å². The summed E-state index contributed by atoms with van der Waals surface area (Å²) < 4.78 is 52.8. The van der Waals surface area contributed by atoms with Gasteiger partial charge in [-0.15, -0.1) is 0 Å². The predicted octanol–water partition coefficient (Wildman–Crippen LogP) is 2.05. The third kappa shape index (κ3) is 3.25. The molecule has 0 spiro atoms. The molecule has 0 heterocycles. The number of rotatable bonds is 4. The molecule has 1 aromatic carbocycles. The van der Waals surface area contributed by atoms with Crippen LogP contribution in [0.3, 0.4) is 0 Å². The molecule has 4 nitrogen and oxygen atoms in total. The van der Waals surface area contributed by atoms with E-state index in [1.54, 1.807) is 0 Å². The third-order valence-electron chi connectivity index (χ3n) is 4.01. The summed E-state index contributed by atoms with van der Waals surface area (Å²) in [6.45, 7) is 1.51. The van der Waals surface area contributed by atoms with Gasteiger partial charge < -0.3 is 5.11 Å². The van der Waals surface area contributed by atoms with Crippen molar-refractivity contribution in [1.82, 2.24) is 4.31 Å². The minimum absolute atomic E-state index is 0.0734. The van der Waals surface area contributed by atoms with E-state index in [1.165, 1.54) is 14.0 Å². The standard InChI is InChI=1S/C14H19F2NO3S/c1-9-6-14(12(16)7-11(9)15)21(19,20)17(2)8-10-4-3-5-13(10)18/h6-7,10,13,18H,3-5,8H2,1-2H3. The Kier molecular flexibility index (Phi) is 4.65. The monoisotopic (exact) mass is 319 g/mol. The highest BCUT2D eigenvalue weighted by Crippen LogP contribution is 2.28. The van der Waals surface area contributed by atoms with Gasteiger partial charge in [-0.25, -0.2) is 21.5 Å². The van der Waals surface area contributed by atoms with Gasteiger partial charge in [-0.3, -0.25) is 0 Å². The molecular weight excluding hydrogens is 300 g/mol. The summed E-state index contributed by atoms with van der Waals surface area (Å²) in [5, 5.41) is 9.76. The number of aliphatic hydroxyl groups is 1. The average molecular weight is 319 g/mol. The molecule has 1 aliphatic rings. The van der Waals surface area contributed by atoms with Crippen LogP contribution < -0.4 is 0 Å². The van der Waals surface area contributed by atoms with Crippen LogP contribution in [0.15, 0.2) is 17.0 Å². The first-order chi connectivity index (χ1) is 9.73. The Balaban J connectivity index is 2.27. The van der Waals surface area contributed by atoms with Gasteiger partial charge in [0.25, 0.3) is 0 Å². The van der Waals surface area contributed by atoms with E-state index in [4.69, 9.17) is 0 Å². The number of hydrogen-bond acceptors (Lipinski definition) is 3. The van der Waals surface area contributed by atoms with Crippen LogP contribution >= 0.6 is 0 Å². The summed E-state index contributed by atoms with van der Waals surface area (Å²) in [6, 6.07) is 1.59. The van der Waals surface area contributed by atoms with Gasteiger partial charge in [0.15, 0.2) is 0 Å². The number of hydrogen-bond donors (Lipinski definition) is 1. The van der Waals surface area contributed by atoms with Crippen molar-refractivity contribution in [2.75, 3.05) is 13.6 Å². The first kappa shape index (κ1) is 16.3. The van der Waals surface area contributed by atoms with Crippen LogP contribution in [0, 0.1) is 24.5 Å². The van der Waals surface area contributed by atoms with Gasteiger partial charge >= 0.3 is 0 Å². The lowest BCUT2D eigenvalue weighted by Crippen LogP contribution is -2.35. The fourth-order valence-electron chi connectivity index (χ4n) is 2.65.